The molecule has 25 heavy (non-hydrogen) atoms. The molecule has 0 radical (unpaired) electrons. The second-order valence-corrected chi connectivity index (χ2v) is 6.45. The van der Waals surface area contributed by atoms with Crippen LogP contribution in [0.15, 0.2) is 77.8 Å². The van der Waals surface area contributed by atoms with Crippen LogP contribution in [0.5, 0.6) is 0 Å². The van der Waals surface area contributed by atoms with Crippen LogP contribution < -0.4 is 0 Å². The third-order valence-electron chi connectivity index (χ3n) is 4.95. The summed E-state index contributed by atoms with van der Waals surface area (Å²) in [6.07, 6.45) is 0. The first-order chi connectivity index (χ1) is 12.2. The van der Waals surface area contributed by atoms with E-state index < -0.39 is 0 Å². The van der Waals surface area contributed by atoms with E-state index in [4.69, 9.17) is 4.99 Å². The van der Waals surface area contributed by atoms with E-state index in [9.17, 15) is 4.79 Å². The molecule has 5 rings (SSSR count). The number of carbonyl (C=O) groups is 1. The quantitative estimate of drug-likeness (QED) is 0.447. The molecule has 0 bridgehead atoms. The molecule has 1 aliphatic carbocycles. The summed E-state index contributed by atoms with van der Waals surface area (Å²) in [7, 11) is 0. The van der Waals surface area contributed by atoms with Gasteiger partial charge in [0, 0.05) is 21.9 Å². The fraction of sp³-hybridized carbons (Fsp3) is 0.0435. The zero-order valence-corrected chi connectivity index (χ0v) is 13.8. The van der Waals surface area contributed by atoms with Gasteiger partial charge in [0.25, 0.3) is 0 Å². The SMILES string of the molecule is Cc1ccc2ccccc2c1/N=C1/C(=O)c2cccc3cccc1c23. The lowest BCUT2D eigenvalue weighted by Gasteiger charge is -2.07. The Morgan fingerprint density at radius 3 is 2.28 bits per heavy atom. The van der Waals surface area contributed by atoms with Crippen molar-refractivity contribution < 1.29 is 4.79 Å². The molecular weight excluding hydrogens is 306 g/mol. The number of aliphatic imine (C=N–C) groups is 1. The molecule has 0 spiro atoms. The van der Waals surface area contributed by atoms with E-state index in [0.29, 0.717) is 5.71 Å². The average molecular weight is 321 g/mol. The van der Waals surface area contributed by atoms with Gasteiger partial charge in [-0.2, -0.15) is 0 Å². The molecule has 2 heteroatoms. The van der Waals surface area contributed by atoms with Gasteiger partial charge in [-0.25, -0.2) is 4.99 Å². The second-order valence-electron chi connectivity index (χ2n) is 6.45. The number of hydrogen-bond acceptors (Lipinski definition) is 2. The van der Waals surface area contributed by atoms with Crippen LogP contribution in [-0.2, 0) is 0 Å². The summed E-state index contributed by atoms with van der Waals surface area (Å²) >= 11 is 0. The first-order valence-electron chi connectivity index (χ1n) is 8.38. The summed E-state index contributed by atoms with van der Waals surface area (Å²) in [5.41, 5.74) is 4.19. The molecule has 0 saturated carbocycles. The number of Topliss-reactive ketones (excluding diaryl/α,β-unsaturated/α-hetero) is 1. The highest BCUT2D eigenvalue weighted by molar-refractivity contribution is 6.59. The van der Waals surface area contributed by atoms with Crippen molar-refractivity contribution in [3.63, 3.8) is 0 Å². The molecule has 118 valence electrons. The number of hydrogen-bond donors (Lipinski definition) is 0. The van der Waals surface area contributed by atoms with Crippen molar-refractivity contribution in [1.82, 2.24) is 0 Å². The van der Waals surface area contributed by atoms with Crippen LogP contribution in [0.25, 0.3) is 21.5 Å². The zero-order chi connectivity index (χ0) is 17.0. The van der Waals surface area contributed by atoms with Crippen LogP contribution >= 0.6 is 0 Å². The third kappa shape index (κ3) is 1.97. The normalized spacial score (nSPS) is 14.8. The maximum absolute atomic E-state index is 13.0. The summed E-state index contributed by atoms with van der Waals surface area (Å²) in [5, 5.41) is 4.31. The monoisotopic (exact) mass is 321 g/mol. The maximum atomic E-state index is 13.0. The van der Waals surface area contributed by atoms with Crippen LogP contribution in [0.4, 0.5) is 5.69 Å². The van der Waals surface area contributed by atoms with Gasteiger partial charge in [0.05, 0.1) is 5.69 Å². The van der Waals surface area contributed by atoms with Gasteiger partial charge >= 0.3 is 0 Å². The lowest BCUT2D eigenvalue weighted by molar-refractivity contribution is 0.107. The standard InChI is InChI=1S/C23H15NO/c1-14-12-13-15-6-2-3-9-17(15)21(14)24-22-18-10-4-7-16-8-5-11-19(20(16)18)23(22)25/h2-13H,1H3/b24-22+. The minimum atomic E-state index is 0.0131. The number of ketones is 1. The highest BCUT2D eigenvalue weighted by atomic mass is 16.1. The fourth-order valence-corrected chi connectivity index (χ4v) is 3.71. The van der Waals surface area contributed by atoms with Crippen molar-refractivity contribution in [3.05, 3.63) is 89.5 Å². The number of aryl methyl sites for hydroxylation is 1. The topological polar surface area (TPSA) is 29.4 Å². The molecule has 0 amide bonds. The van der Waals surface area contributed by atoms with E-state index in [0.717, 1.165) is 43.9 Å². The Bertz CT molecular complexity index is 1210. The Labute approximate surface area is 145 Å². The summed E-state index contributed by atoms with van der Waals surface area (Å²) in [6, 6.07) is 24.2. The molecule has 0 heterocycles. The second kappa shape index (κ2) is 5.12. The van der Waals surface area contributed by atoms with Gasteiger partial charge in [-0.15, -0.1) is 0 Å². The van der Waals surface area contributed by atoms with E-state index >= 15 is 0 Å². The smallest absolute Gasteiger partial charge is 0.212 e. The lowest BCUT2D eigenvalue weighted by Crippen LogP contribution is -2.08. The van der Waals surface area contributed by atoms with E-state index in [1.165, 1.54) is 0 Å². The first kappa shape index (κ1) is 14.1. The first-order valence-corrected chi connectivity index (χ1v) is 8.38. The highest BCUT2D eigenvalue weighted by Gasteiger charge is 2.28. The van der Waals surface area contributed by atoms with Crippen molar-refractivity contribution in [2.75, 3.05) is 0 Å². The van der Waals surface area contributed by atoms with Gasteiger partial charge in [-0.05, 0) is 23.3 Å². The largest absolute Gasteiger partial charge is 0.287 e. The molecule has 0 fully saturated rings. The predicted molar refractivity (Wildman–Crippen MR) is 103 cm³/mol. The minimum Gasteiger partial charge on any atom is -0.287 e. The number of nitrogens with zero attached hydrogens (tertiary/aromatic N) is 1. The van der Waals surface area contributed by atoms with Crippen LogP contribution in [-0.4, -0.2) is 11.5 Å². The molecule has 4 aromatic carbocycles. The van der Waals surface area contributed by atoms with Gasteiger partial charge in [-0.1, -0.05) is 72.8 Å². The van der Waals surface area contributed by atoms with Gasteiger partial charge in [0.1, 0.15) is 5.71 Å². The van der Waals surface area contributed by atoms with Crippen molar-refractivity contribution in [3.8, 4) is 0 Å². The minimum absolute atomic E-state index is 0.0131. The number of rotatable bonds is 1. The molecule has 0 atom stereocenters. The Morgan fingerprint density at radius 2 is 1.44 bits per heavy atom. The lowest BCUT2D eigenvalue weighted by atomic mass is 10.0. The molecule has 0 saturated heterocycles. The van der Waals surface area contributed by atoms with Gasteiger partial charge in [-0.3, -0.25) is 4.79 Å². The number of carbonyl (C=O) groups excluding carboxylic acids is 1. The Balaban J connectivity index is 1.83. The predicted octanol–water partition coefficient (Wildman–Crippen LogP) is 5.62. The molecule has 4 aromatic rings. The van der Waals surface area contributed by atoms with E-state index in [1.54, 1.807) is 0 Å². The van der Waals surface area contributed by atoms with Crippen LogP contribution in [0.1, 0.15) is 21.5 Å². The van der Waals surface area contributed by atoms with E-state index in [-0.39, 0.29) is 5.78 Å². The van der Waals surface area contributed by atoms with Crippen molar-refractivity contribution in [1.29, 1.82) is 0 Å². The van der Waals surface area contributed by atoms with Crippen LogP contribution in [0.2, 0.25) is 0 Å². The molecule has 0 unspecified atom stereocenters. The molecule has 1 aliphatic rings. The summed E-state index contributed by atoms with van der Waals surface area (Å²) < 4.78 is 0. The molecule has 0 aliphatic heterocycles. The van der Waals surface area contributed by atoms with Crippen LogP contribution in [0.3, 0.4) is 0 Å². The van der Waals surface area contributed by atoms with Crippen molar-refractivity contribution >= 4 is 38.7 Å². The fourth-order valence-electron chi connectivity index (χ4n) is 3.71. The molecule has 0 aromatic heterocycles. The maximum Gasteiger partial charge on any atom is 0.212 e. The zero-order valence-electron chi connectivity index (χ0n) is 13.8. The Morgan fingerprint density at radius 1 is 0.720 bits per heavy atom. The van der Waals surface area contributed by atoms with Crippen molar-refractivity contribution in [2.24, 2.45) is 4.99 Å². The molecule has 0 N–H and O–H groups in total. The Hall–Kier alpha value is -3.26. The van der Waals surface area contributed by atoms with Gasteiger partial charge in [0.15, 0.2) is 0 Å². The van der Waals surface area contributed by atoms with E-state index in [2.05, 4.69) is 24.3 Å². The number of fused-ring (bicyclic) bond motifs is 1. The van der Waals surface area contributed by atoms with E-state index in [1.807, 2.05) is 55.5 Å². The average Bonchev–Trinajstić information content (AvgIpc) is 2.92. The summed E-state index contributed by atoms with van der Waals surface area (Å²) in [6.45, 7) is 2.04. The summed E-state index contributed by atoms with van der Waals surface area (Å²) in [5.74, 6) is 0.0131. The van der Waals surface area contributed by atoms with Crippen LogP contribution in [0, 0.1) is 6.92 Å². The highest BCUT2D eigenvalue weighted by Crippen LogP contribution is 2.35. The van der Waals surface area contributed by atoms with Crippen molar-refractivity contribution in [2.45, 2.75) is 6.92 Å². The molecular formula is C23H15NO. The van der Waals surface area contributed by atoms with Gasteiger partial charge in [0.2, 0.25) is 5.78 Å². The Kier molecular flexibility index (Phi) is 2.89. The summed E-state index contributed by atoms with van der Waals surface area (Å²) in [4.78, 5) is 17.9. The molecule has 2 nitrogen and oxygen atoms in total. The number of benzene rings is 4. The van der Waals surface area contributed by atoms with Gasteiger partial charge < -0.3 is 0 Å². The third-order valence-corrected chi connectivity index (χ3v) is 4.95.